The number of hydrogen-bond donors (Lipinski definition) is 5. The molecule has 0 fully saturated rings. The number of carbonyl (C=O) groups excluding carboxylic acids is 1. The minimum Gasteiger partial charge on any atom is -0.389 e. The first-order valence-electron chi connectivity index (χ1n) is 3.42. The Bertz CT molecular complexity index is 142. The SMILES string of the molecule is NC[C@@H](O)[C@H](O)[C@H](O)[C@@H](O)C=O. The van der Waals surface area contributed by atoms with Crippen LogP contribution in [0, 0.1) is 0 Å². The van der Waals surface area contributed by atoms with Crippen LogP contribution in [0.4, 0.5) is 0 Å². The fourth-order valence-corrected chi connectivity index (χ4v) is 0.650. The van der Waals surface area contributed by atoms with Crippen molar-refractivity contribution in [3.05, 3.63) is 0 Å². The maximum absolute atomic E-state index is 9.93. The van der Waals surface area contributed by atoms with Crippen molar-refractivity contribution in [2.24, 2.45) is 5.73 Å². The molecule has 0 spiro atoms. The van der Waals surface area contributed by atoms with Crippen molar-refractivity contribution < 1.29 is 25.2 Å². The zero-order chi connectivity index (χ0) is 9.72. The lowest BCUT2D eigenvalue weighted by molar-refractivity contribution is -0.132. The van der Waals surface area contributed by atoms with Gasteiger partial charge in [-0.25, -0.2) is 0 Å². The molecular formula is C6H13NO5. The van der Waals surface area contributed by atoms with Gasteiger partial charge in [0.25, 0.3) is 0 Å². The van der Waals surface area contributed by atoms with Gasteiger partial charge in [-0.1, -0.05) is 0 Å². The zero-order valence-electron chi connectivity index (χ0n) is 6.37. The molecule has 0 aromatic heterocycles. The monoisotopic (exact) mass is 179 g/mol. The number of aldehydes is 1. The van der Waals surface area contributed by atoms with E-state index in [0.29, 0.717) is 0 Å². The Morgan fingerprint density at radius 2 is 1.67 bits per heavy atom. The molecule has 0 aromatic rings. The van der Waals surface area contributed by atoms with Crippen molar-refractivity contribution >= 4 is 6.29 Å². The Morgan fingerprint density at radius 1 is 1.17 bits per heavy atom. The Morgan fingerprint density at radius 3 is 2.00 bits per heavy atom. The van der Waals surface area contributed by atoms with Crippen LogP contribution in [0.15, 0.2) is 0 Å². The van der Waals surface area contributed by atoms with Gasteiger partial charge in [0.1, 0.15) is 18.3 Å². The molecule has 6 nitrogen and oxygen atoms in total. The molecule has 0 bridgehead atoms. The predicted molar refractivity (Wildman–Crippen MR) is 39.1 cm³/mol. The minimum absolute atomic E-state index is 0.0666. The van der Waals surface area contributed by atoms with E-state index in [4.69, 9.17) is 26.2 Å². The molecular weight excluding hydrogens is 166 g/mol. The first-order valence-corrected chi connectivity index (χ1v) is 3.42. The molecule has 6 N–H and O–H groups in total. The van der Waals surface area contributed by atoms with Gasteiger partial charge in [-0.3, -0.25) is 0 Å². The fraction of sp³-hybridized carbons (Fsp3) is 0.833. The lowest BCUT2D eigenvalue weighted by Gasteiger charge is -2.22. The van der Waals surface area contributed by atoms with Crippen molar-refractivity contribution in [3.63, 3.8) is 0 Å². The predicted octanol–water partition coefficient (Wildman–Crippen LogP) is -3.41. The Balaban J connectivity index is 4.07. The summed E-state index contributed by atoms with van der Waals surface area (Å²) in [6.45, 7) is -0.260. The lowest BCUT2D eigenvalue weighted by atomic mass is 10.0. The van der Waals surface area contributed by atoms with Crippen LogP contribution < -0.4 is 5.73 Å². The van der Waals surface area contributed by atoms with Gasteiger partial charge >= 0.3 is 0 Å². The van der Waals surface area contributed by atoms with E-state index >= 15 is 0 Å². The van der Waals surface area contributed by atoms with Crippen LogP contribution in [0.2, 0.25) is 0 Å². The van der Waals surface area contributed by atoms with E-state index in [9.17, 15) is 4.79 Å². The van der Waals surface area contributed by atoms with Crippen LogP contribution >= 0.6 is 0 Å². The van der Waals surface area contributed by atoms with E-state index in [2.05, 4.69) is 0 Å². The van der Waals surface area contributed by atoms with Crippen molar-refractivity contribution in [3.8, 4) is 0 Å². The molecule has 0 rings (SSSR count). The highest BCUT2D eigenvalue weighted by Crippen LogP contribution is 2.02. The molecule has 72 valence electrons. The summed E-state index contributed by atoms with van der Waals surface area (Å²) < 4.78 is 0. The van der Waals surface area contributed by atoms with Gasteiger partial charge in [-0.15, -0.1) is 0 Å². The van der Waals surface area contributed by atoms with Crippen molar-refractivity contribution in [1.82, 2.24) is 0 Å². The molecule has 4 atom stereocenters. The maximum atomic E-state index is 9.93. The standard InChI is InChI=1S/C6H13NO5/c7-1-3(9)5(11)6(12)4(10)2-8/h2-6,9-12H,1,7H2/t3-,4+,5+,6-/m1/s1. The highest BCUT2D eigenvalue weighted by molar-refractivity contribution is 5.56. The summed E-state index contributed by atoms with van der Waals surface area (Å²) in [6, 6.07) is 0. The van der Waals surface area contributed by atoms with E-state index in [0.717, 1.165) is 0 Å². The van der Waals surface area contributed by atoms with Gasteiger partial charge in [0.2, 0.25) is 0 Å². The second-order valence-electron chi connectivity index (χ2n) is 2.41. The van der Waals surface area contributed by atoms with E-state index < -0.39 is 24.4 Å². The quantitative estimate of drug-likeness (QED) is 0.280. The van der Waals surface area contributed by atoms with Crippen LogP contribution in [0.25, 0.3) is 0 Å². The van der Waals surface area contributed by atoms with E-state index in [1.165, 1.54) is 0 Å². The summed E-state index contributed by atoms with van der Waals surface area (Å²) in [7, 11) is 0. The molecule has 0 unspecified atom stereocenters. The molecule has 0 heterocycles. The van der Waals surface area contributed by atoms with Gasteiger partial charge < -0.3 is 31.0 Å². The zero-order valence-corrected chi connectivity index (χ0v) is 6.37. The molecule has 0 saturated carbocycles. The van der Waals surface area contributed by atoms with Gasteiger partial charge in [0.15, 0.2) is 6.29 Å². The summed E-state index contributed by atoms with van der Waals surface area (Å²) in [5.41, 5.74) is 4.96. The molecule has 12 heavy (non-hydrogen) atoms. The van der Waals surface area contributed by atoms with E-state index in [1.807, 2.05) is 0 Å². The second kappa shape index (κ2) is 5.18. The molecule has 0 radical (unpaired) electrons. The van der Waals surface area contributed by atoms with Crippen LogP contribution in [0.5, 0.6) is 0 Å². The summed E-state index contributed by atoms with van der Waals surface area (Å²) >= 11 is 0. The molecule has 0 aliphatic rings. The van der Waals surface area contributed by atoms with Crippen LogP contribution in [0.3, 0.4) is 0 Å². The highest BCUT2D eigenvalue weighted by atomic mass is 16.4. The largest absolute Gasteiger partial charge is 0.389 e. The number of hydrogen-bond acceptors (Lipinski definition) is 6. The van der Waals surface area contributed by atoms with E-state index in [1.54, 1.807) is 0 Å². The topological polar surface area (TPSA) is 124 Å². The minimum atomic E-state index is -1.71. The van der Waals surface area contributed by atoms with Crippen LogP contribution in [0.1, 0.15) is 0 Å². The summed E-state index contributed by atoms with van der Waals surface area (Å²) in [6.07, 6.45) is -6.32. The maximum Gasteiger partial charge on any atom is 0.151 e. The normalized spacial score (nSPS) is 21.1. The summed E-state index contributed by atoms with van der Waals surface area (Å²) in [5.74, 6) is 0. The van der Waals surface area contributed by atoms with Crippen molar-refractivity contribution in [2.75, 3.05) is 6.54 Å². The molecule has 0 aliphatic heterocycles. The van der Waals surface area contributed by atoms with E-state index in [-0.39, 0.29) is 12.8 Å². The van der Waals surface area contributed by atoms with Crippen molar-refractivity contribution in [1.29, 1.82) is 0 Å². The average molecular weight is 179 g/mol. The first-order chi connectivity index (χ1) is 5.54. The van der Waals surface area contributed by atoms with Gasteiger partial charge in [-0.05, 0) is 0 Å². The Kier molecular flexibility index (Phi) is 4.95. The van der Waals surface area contributed by atoms with Gasteiger partial charge in [-0.2, -0.15) is 0 Å². The fourth-order valence-electron chi connectivity index (χ4n) is 0.650. The smallest absolute Gasteiger partial charge is 0.151 e. The first kappa shape index (κ1) is 11.5. The number of aliphatic hydroxyl groups excluding tert-OH is 4. The Labute approximate surface area is 69.2 Å². The third-order valence-electron chi connectivity index (χ3n) is 1.47. The van der Waals surface area contributed by atoms with Crippen molar-refractivity contribution in [2.45, 2.75) is 24.4 Å². The summed E-state index contributed by atoms with van der Waals surface area (Å²) in [5, 5.41) is 35.5. The van der Waals surface area contributed by atoms with Gasteiger partial charge in [0, 0.05) is 6.54 Å². The lowest BCUT2D eigenvalue weighted by Crippen LogP contribution is -2.47. The number of rotatable bonds is 5. The molecule has 0 saturated heterocycles. The molecule has 0 aromatic carbocycles. The summed E-state index contributed by atoms with van der Waals surface area (Å²) in [4.78, 5) is 9.93. The second-order valence-corrected chi connectivity index (χ2v) is 2.41. The number of aliphatic hydroxyl groups is 4. The third-order valence-corrected chi connectivity index (χ3v) is 1.47. The average Bonchev–Trinajstić information content (AvgIpc) is 2.12. The van der Waals surface area contributed by atoms with Gasteiger partial charge in [0.05, 0.1) is 6.10 Å². The molecule has 0 aliphatic carbocycles. The molecule has 0 amide bonds. The number of carbonyl (C=O) groups is 1. The highest BCUT2D eigenvalue weighted by Gasteiger charge is 2.29. The third kappa shape index (κ3) is 2.84. The Hall–Kier alpha value is -0.530. The molecule has 6 heteroatoms. The van der Waals surface area contributed by atoms with Crippen LogP contribution in [-0.4, -0.2) is 57.7 Å². The number of nitrogens with two attached hydrogens (primary N) is 1. The van der Waals surface area contributed by atoms with Crippen LogP contribution in [-0.2, 0) is 4.79 Å².